The van der Waals surface area contributed by atoms with Gasteiger partial charge in [-0.15, -0.1) is 0 Å². The van der Waals surface area contributed by atoms with Crippen molar-refractivity contribution in [1.29, 1.82) is 0 Å². The molecule has 6 heteroatoms. The molecule has 0 fully saturated rings. The van der Waals surface area contributed by atoms with Crippen molar-refractivity contribution in [2.75, 3.05) is 38.3 Å². The maximum Gasteiger partial charge on any atom is 0.265 e. The predicted octanol–water partition coefficient (Wildman–Crippen LogP) is 2.65. The summed E-state index contributed by atoms with van der Waals surface area (Å²) in [5.41, 5.74) is 1.89. The van der Waals surface area contributed by atoms with Crippen LogP contribution in [-0.2, 0) is 9.59 Å². The van der Waals surface area contributed by atoms with Gasteiger partial charge in [-0.3, -0.25) is 9.59 Å². The van der Waals surface area contributed by atoms with E-state index in [0.717, 1.165) is 5.75 Å². The van der Waals surface area contributed by atoms with E-state index in [-0.39, 0.29) is 24.8 Å². The third-order valence-electron chi connectivity index (χ3n) is 4.50. The van der Waals surface area contributed by atoms with Crippen LogP contribution in [0, 0.1) is 6.92 Å². The Balaban J connectivity index is 1.47. The van der Waals surface area contributed by atoms with Crippen LogP contribution in [0.3, 0.4) is 0 Å². The van der Waals surface area contributed by atoms with Gasteiger partial charge in [-0.05, 0) is 31.2 Å². The Kier molecular flexibility index (Phi) is 5.96. The summed E-state index contributed by atoms with van der Waals surface area (Å²) in [5.74, 6) is 1.30. The highest BCUT2D eigenvalue weighted by atomic mass is 16.5. The number of fused-ring (bicyclic) bond motifs is 1. The molecule has 0 aromatic heterocycles. The van der Waals surface area contributed by atoms with Crippen LogP contribution in [-0.4, -0.2) is 50.1 Å². The van der Waals surface area contributed by atoms with E-state index in [1.54, 1.807) is 16.8 Å². The molecule has 0 radical (unpaired) electrons. The van der Waals surface area contributed by atoms with Gasteiger partial charge in [0.15, 0.2) is 6.61 Å². The molecule has 1 aliphatic rings. The SMILES string of the molecule is Cc1ccc(OCCN(C)C(=O)CCN2C(=O)COc3ccccc32)cc1. The highest BCUT2D eigenvalue weighted by Gasteiger charge is 2.25. The van der Waals surface area contributed by atoms with Crippen LogP contribution in [0.5, 0.6) is 11.5 Å². The fraction of sp³-hybridized carbons (Fsp3) is 0.333. The number of likely N-dealkylation sites (N-methyl/N-ethyl adjacent to an activating group) is 1. The lowest BCUT2D eigenvalue weighted by atomic mass is 10.2. The van der Waals surface area contributed by atoms with Crippen LogP contribution in [0.1, 0.15) is 12.0 Å². The molecule has 0 bridgehead atoms. The molecule has 0 aliphatic carbocycles. The highest BCUT2D eigenvalue weighted by Crippen LogP contribution is 2.31. The number of nitrogens with zero attached hydrogens (tertiary/aromatic N) is 2. The van der Waals surface area contributed by atoms with Gasteiger partial charge in [0.2, 0.25) is 5.91 Å². The number of amides is 2. The van der Waals surface area contributed by atoms with Crippen molar-refractivity contribution in [2.24, 2.45) is 0 Å². The van der Waals surface area contributed by atoms with Crippen LogP contribution in [0.15, 0.2) is 48.5 Å². The van der Waals surface area contributed by atoms with E-state index in [1.807, 2.05) is 55.5 Å². The van der Waals surface area contributed by atoms with Crippen molar-refractivity contribution in [1.82, 2.24) is 4.90 Å². The van der Waals surface area contributed by atoms with Gasteiger partial charge in [0.25, 0.3) is 5.91 Å². The summed E-state index contributed by atoms with van der Waals surface area (Å²) in [4.78, 5) is 27.8. The Morgan fingerprint density at radius 2 is 1.93 bits per heavy atom. The smallest absolute Gasteiger partial charge is 0.265 e. The van der Waals surface area contributed by atoms with Gasteiger partial charge in [-0.1, -0.05) is 29.8 Å². The molecular formula is C21H24N2O4. The lowest BCUT2D eigenvalue weighted by Crippen LogP contribution is -2.41. The number of anilines is 1. The molecule has 0 saturated carbocycles. The first-order chi connectivity index (χ1) is 13.0. The first kappa shape index (κ1) is 18.8. The molecule has 142 valence electrons. The van der Waals surface area contributed by atoms with Gasteiger partial charge in [-0.2, -0.15) is 0 Å². The predicted molar refractivity (Wildman–Crippen MR) is 103 cm³/mol. The average molecular weight is 368 g/mol. The van der Waals surface area contributed by atoms with Crippen LogP contribution >= 0.6 is 0 Å². The van der Waals surface area contributed by atoms with E-state index >= 15 is 0 Å². The first-order valence-corrected chi connectivity index (χ1v) is 9.00. The topological polar surface area (TPSA) is 59.1 Å². The monoisotopic (exact) mass is 368 g/mol. The van der Waals surface area contributed by atoms with E-state index in [2.05, 4.69) is 0 Å². The quantitative estimate of drug-likeness (QED) is 0.754. The largest absolute Gasteiger partial charge is 0.492 e. The van der Waals surface area contributed by atoms with Crippen molar-refractivity contribution >= 4 is 17.5 Å². The summed E-state index contributed by atoms with van der Waals surface area (Å²) in [5, 5.41) is 0. The van der Waals surface area contributed by atoms with Crippen molar-refractivity contribution < 1.29 is 19.1 Å². The molecule has 27 heavy (non-hydrogen) atoms. The molecule has 0 N–H and O–H groups in total. The minimum atomic E-state index is -0.133. The van der Waals surface area contributed by atoms with Gasteiger partial charge >= 0.3 is 0 Å². The summed E-state index contributed by atoms with van der Waals surface area (Å²) in [7, 11) is 1.75. The number of benzene rings is 2. The zero-order valence-corrected chi connectivity index (χ0v) is 15.7. The molecule has 3 rings (SSSR count). The Morgan fingerprint density at radius 1 is 1.19 bits per heavy atom. The van der Waals surface area contributed by atoms with E-state index in [1.165, 1.54) is 5.56 Å². The zero-order valence-electron chi connectivity index (χ0n) is 15.7. The minimum Gasteiger partial charge on any atom is -0.492 e. The fourth-order valence-corrected chi connectivity index (χ4v) is 2.86. The van der Waals surface area contributed by atoms with Crippen LogP contribution in [0.2, 0.25) is 0 Å². The number of carbonyl (C=O) groups is 2. The maximum atomic E-state index is 12.4. The molecule has 0 spiro atoms. The third-order valence-corrected chi connectivity index (χ3v) is 4.50. The fourth-order valence-electron chi connectivity index (χ4n) is 2.86. The molecule has 0 saturated heterocycles. The van der Waals surface area contributed by atoms with E-state index < -0.39 is 0 Å². The van der Waals surface area contributed by atoms with Gasteiger partial charge < -0.3 is 19.3 Å². The normalized spacial score (nSPS) is 13.0. The molecule has 2 aromatic carbocycles. The first-order valence-electron chi connectivity index (χ1n) is 9.00. The molecule has 0 unspecified atom stereocenters. The van der Waals surface area contributed by atoms with E-state index in [4.69, 9.17) is 9.47 Å². The Labute approximate surface area is 159 Å². The number of aryl methyl sites for hydroxylation is 1. The Bertz CT molecular complexity index is 804. The summed E-state index contributed by atoms with van der Waals surface area (Å²) in [6.45, 7) is 3.27. The molecule has 0 atom stereocenters. The lowest BCUT2D eigenvalue weighted by Gasteiger charge is -2.29. The van der Waals surface area contributed by atoms with Gasteiger partial charge in [-0.25, -0.2) is 0 Å². The number of hydrogen-bond donors (Lipinski definition) is 0. The number of hydrogen-bond acceptors (Lipinski definition) is 4. The van der Waals surface area contributed by atoms with Gasteiger partial charge in [0.05, 0.1) is 12.2 Å². The number of ether oxygens (including phenoxy) is 2. The van der Waals surface area contributed by atoms with Crippen LogP contribution in [0.25, 0.3) is 0 Å². The molecule has 2 aromatic rings. The molecule has 6 nitrogen and oxygen atoms in total. The molecule has 1 heterocycles. The zero-order chi connectivity index (χ0) is 19.2. The lowest BCUT2D eigenvalue weighted by molar-refractivity contribution is -0.130. The summed E-state index contributed by atoms with van der Waals surface area (Å²) < 4.78 is 11.1. The molecule has 2 amide bonds. The van der Waals surface area contributed by atoms with Gasteiger partial charge in [0.1, 0.15) is 18.1 Å². The Hall–Kier alpha value is -3.02. The number of para-hydroxylation sites is 2. The third kappa shape index (κ3) is 4.78. The molecule has 1 aliphatic heterocycles. The van der Waals surface area contributed by atoms with Crippen molar-refractivity contribution in [3.63, 3.8) is 0 Å². The van der Waals surface area contributed by atoms with Crippen molar-refractivity contribution in [3.05, 3.63) is 54.1 Å². The number of rotatable bonds is 7. The van der Waals surface area contributed by atoms with E-state index in [0.29, 0.717) is 31.1 Å². The van der Waals surface area contributed by atoms with Crippen LogP contribution < -0.4 is 14.4 Å². The maximum absolute atomic E-state index is 12.4. The second kappa shape index (κ2) is 8.58. The summed E-state index contributed by atoms with van der Waals surface area (Å²) >= 11 is 0. The number of carbonyl (C=O) groups excluding carboxylic acids is 2. The highest BCUT2D eigenvalue weighted by molar-refractivity contribution is 5.98. The van der Waals surface area contributed by atoms with Crippen LogP contribution in [0.4, 0.5) is 5.69 Å². The average Bonchev–Trinajstić information content (AvgIpc) is 2.68. The summed E-state index contributed by atoms with van der Waals surface area (Å²) in [6, 6.07) is 15.2. The standard InChI is InChI=1S/C21H24N2O4/c1-16-7-9-17(10-8-16)26-14-13-22(2)20(24)11-12-23-18-5-3-4-6-19(18)27-15-21(23)25/h3-10H,11-15H2,1-2H3. The van der Waals surface area contributed by atoms with Crippen molar-refractivity contribution in [2.45, 2.75) is 13.3 Å². The Morgan fingerprint density at radius 3 is 2.70 bits per heavy atom. The van der Waals surface area contributed by atoms with E-state index in [9.17, 15) is 9.59 Å². The minimum absolute atomic E-state index is 0.00539. The second-order valence-electron chi connectivity index (χ2n) is 6.53. The van der Waals surface area contributed by atoms with Gasteiger partial charge in [0, 0.05) is 20.0 Å². The molecular weight excluding hydrogens is 344 g/mol. The second-order valence-corrected chi connectivity index (χ2v) is 6.53. The van der Waals surface area contributed by atoms with Crippen molar-refractivity contribution in [3.8, 4) is 11.5 Å². The summed E-state index contributed by atoms with van der Waals surface area (Å²) in [6.07, 6.45) is 0.251.